The number of hydrogen-bond acceptors (Lipinski definition) is 6. The molecule has 29 heavy (non-hydrogen) atoms. The lowest BCUT2D eigenvalue weighted by Gasteiger charge is -2.22. The molecule has 0 fully saturated rings. The monoisotopic (exact) mass is 401 g/mol. The summed E-state index contributed by atoms with van der Waals surface area (Å²) in [6.45, 7) is 0.00557. The van der Waals surface area contributed by atoms with Crippen LogP contribution in [0.4, 0.5) is 4.79 Å². The minimum atomic E-state index is -2.18. The maximum absolute atomic E-state index is 12.6. The number of carbonyl (C=O) groups excluding carboxylic acids is 3. The number of aliphatic hydroxyl groups excluding tert-OH is 1. The van der Waals surface area contributed by atoms with Gasteiger partial charge in [0.15, 0.2) is 12.3 Å². The van der Waals surface area contributed by atoms with Crippen LogP contribution in [-0.4, -0.2) is 46.5 Å². The van der Waals surface area contributed by atoms with E-state index in [1.165, 1.54) is 0 Å². The largest absolute Gasteiger partial charge is 0.445 e. The average Bonchev–Trinajstić information content (AvgIpc) is 2.71. The van der Waals surface area contributed by atoms with Crippen LogP contribution in [-0.2, 0) is 27.4 Å². The van der Waals surface area contributed by atoms with Crippen LogP contribution < -0.4 is 16.4 Å². The molecule has 2 aromatic rings. The van der Waals surface area contributed by atoms with Gasteiger partial charge in [0, 0.05) is 6.42 Å². The number of carbonyl (C=O) groups is 3. The van der Waals surface area contributed by atoms with Crippen molar-refractivity contribution >= 4 is 17.9 Å². The van der Waals surface area contributed by atoms with E-state index in [4.69, 9.17) is 10.5 Å². The summed E-state index contributed by atoms with van der Waals surface area (Å²) in [7, 11) is 0. The van der Waals surface area contributed by atoms with E-state index >= 15 is 0 Å². The molecule has 0 aliphatic rings. The molecule has 9 heteroatoms. The van der Waals surface area contributed by atoms with Gasteiger partial charge in [-0.25, -0.2) is 4.79 Å². The highest BCUT2D eigenvalue weighted by Gasteiger charge is 2.29. The Bertz CT molecular complexity index is 813. The smallest absolute Gasteiger partial charge is 0.408 e. The molecule has 0 aliphatic heterocycles. The van der Waals surface area contributed by atoms with Crippen LogP contribution in [0.1, 0.15) is 11.1 Å². The van der Waals surface area contributed by atoms with Crippen LogP contribution in [0.3, 0.4) is 0 Å². The second kappa shape index (κ2) is 10.8. The molecule has 2 atom stereocenters. The Labute approximate surface area is 167 Å². The van der Waals surface area contributed by atoms with Crippen molar-refractivity contribution in [3.8, 4) is 0 Å². The number of rotatable bonds is 9. The van der Waals surface area contributed by atoms with Gasteiger partial charge in [-0.05, 0) is 11.1 Å². The highest BCUT2D eigenvalue weighted by molar-refractivity contribution is 5.91. The van der Waals surface area contributed by atoms with Crippen molar-refractivity contribution in [2.75, 3.05) is 0 Å². The van der Waals surface area contributed by atoms with Crippen LogP contribution in [0.25, 0.3) is 0 Å². The van der Waals surface area contributed by atoms with Gasteiger partial charge in [0.2, 0.25) is 11.8 Å². The van der Waals surface area contributed by atoms with Crippen molar-refractivity contribution in [3.63, 3.8) is 0 Å². The molecule has 2 aromatic carbocycles. The maximum Gasteiger partial charge on any atom is 0.408 e. The zero-order valence-corrected chi connectivity index (χ0v) is 15.5. The molecule has 6 N–H and O–H groups in total. The molecular weight excluding hydrogens is 378 g/mol. The fourth-order valence-electron chi connectivity index (χ4n) is 2.51. The normalized spacial score (nSPS) is 12.7. The first-order valence-corrected chi connectivity index (χ1v) is 8.84. The number of nitrogens with two attached hydrogens (primary N) is 1. The SMILES string of the molecule is NC(=O)C(NC(=O)C(Cc1ccccc1)NC(=O)OCc1ccccc1)C(O)O. The highest BCUT2D eigenvalue weighted by atomic mass is 16.5. The molecule has 154 valence electrons. The van der Waals surface area contributed by atoms with Crippen molar-refractivity contribution in [3.05, 3.63) is 71.8 Å². The Morgan fingerprint density at radius 1 is 0.897 bits per heavy atom. The van der Waals surface area contributed by atoms with Gasteiger partial charge >= 0.3 is 6.09 Å². The predicted molar refractivity (Wildman–Crippen MR) is 103 cm³/mol. The first kappa shape index (κ1) is 21.9. The Kier molecular flexibility index (Phi) is 8.13. The van der Waals surface area contributed by atoms with Crippen LogP contribution >= 0.6 is 0 Å². The number of hydrogen-bond donors (Lipinski definition) is 5. The zero-order chi connectivity index (χ0) is 21.2. The van der Waals surface area contributed by atoms with Crippen molar-refractivity contribution in [2.24, 2.45) is 5.73 Å². The van der Waals surface area contributed by atoms with Crippen molar-refractivity contribution in [1.29, 1.82) is 0 Å². The summed E-state index contributed by atoms with van der Waals surface area (Å²) in [4.78, 5) is 36.1. The number of nitrogens with one attached hydrogen (secondary N) is 2. The summed E-state index contributed by atoms with van der Waals surface area (Å²) in [5.74, 6) is -1.94. The van der Waals surface area contributed by atoms with Gasteiger partial charge in [-0.1, -0.05) is 60.7 Å². The quantitative estimate of drug-likeness (QED) is 0.367. The van der Waals surface area contributed by atoms with E-state index < -0.39 is 36.3 Å². The highest BCUT2D eigenvalue weighted by Crippen LogP contribution is 2.06. The van der Waals surface area contributed by atoms with Crippen molar-refractivity contribution in [2.45, 2.75) is 31.4 Å². The minimum Gasteiger partial charge on any atom is -0.445 e. The first-order valence-electron chi connectivity index (χ1n) is 8.84. The molecule has 0 aromatic heterocycles. The summed E-state index contributed by atoms with van der Waals surface area (Å²) in [6, 6.07) is 15.0. The molecular formula is C20H23N3O6. The van der Waals surface area contributed by atoms with Gasteiger partial charge in [-0.15, -0.1) is 0 Å². The molecule has 0 spiro atoms. The summed E-state index contributed by atoms with van der Waals surface area (Å²) in [6.07, 6.45) is -2.94. The lowest BCUT2D eigenvalue weighted by molar-refractivity contribution is -0.140. The van der Waals surface area contributed by atoms with Gasteiger partial charge in [-0.2, -0.15) is 0 Å². The van der Waals surface area contributed by atoms with Crippen molar-refractivity contribution < 1.29 is 29.3 Å². The Balaban J connectivity index is 2.06. The van der Waals surface area contributed by atoms with E-state index in [1.807, 2.05) is 6.07 Å². The van der Waals surface area contributed by atoms with Crippen LogP contribution in [0.15, 0.2) is 60.7 Å². The molecule has 0 radical (unpaired) electrons. The third-order valence-electron chi connectivity index (χ3n) is 4.01. The number of alkyl carbamates (subject to hydrolysis) is 1. The van der Waals surface area contributed by atoms with E-state index in [9.17, 15) is 24.6 Å². The zero-order valence-electron chi connectivity index (χ0n) is 15.5. The van der Waals surface area contributed by atoms with Crippen LogP contribution in [0.2, 0.25) is 0 Å². The molecule has 0 aliphatic carbocycles. The molecule has 2 rings (SSSR count). The van der Waals surface area contributed by atoms with Gasteiger partial charge in [-0.3, -0.25) is 9.59 Å². The average molecular weight is 401 g/mol. The maximum atomic E-state index is 12.6. The number of primary amides is 1. The fraction of sp³-hybridized carbons (Fsp3) is 0.250. The fourth-order valence-corrected chi connectivity index (χ4v) is 2.51. The number of benzene rings is 2. The molecule has 0 heterocycles. The summed E-state index contributed by atoms with van der Waals surface area (Å²) >= 11 is 0. The Morgan fingerprint density at radius 2 is 1.45 bits per heavy atom. The lowest BCUT2D eigenvalue weighted by Crippen LogP contribution is -2.57. The van der Waals surface area contributed by atoms with E-state index in [1.54, 1.807) is 54.6 Å². The summed E-state index contributed by atoms with van der Waals surface area (Å²) < 4.78 is 5.13. The van der Waals surface area contributed by atoms with Crippen LogP contribution in [0, 0.1) is 0 Å². The standard InChI is InChI=1S/C20H23N3O6/c21-17(24)16(19(26)27)23-18(25)15(11-13-7-3-1-4-8-13)22-20(28)29-12-14-9-5-2-6-10-14/h1-10,15-16,19,26-27H,11-12H2,(H2,21,24)(H,22,28)(H,23,25). The topological polar surface area (TPSA) is 151 Å². The lowest BCUT2D eigenvalue weighted by atomic mass is 10.0. The van der Waals surface area contributed by atoms with E-state index in [2.05, 4.69) is 10.6 Å². The number of aliphatic hydroxyl groups is 2. The summed E-state index contributed by atoms with van der Waals surface area (Å²) in [5.41, 5.74) is 6.57. The molecule has 2 unspecified atom stereocenters. The predicted octanol–water partition coefficient (Wildman–Crippen LogP) is -0.195. The van der Waals surface area contributed by atoms with E-state index in [0.29, 0.717) is 0 Å². The van der Waals surface area contributed by atoms with Crippen LogP contribution in [0.5, 0.6) is 0 Å². The Hall–Kier alpha value is -3.43. The molecule has 9 nitrogen and oxygen atoms in total. The van der Waals surface area contributed by atoms with E-state index in [0.717, 1.165) is 11.1 Å². The van der Waals surface area contributed by atoms with E-state index in [-0.39, 0.29) is 13.0 Å². The Morgan fingerprint density at radius 3 is 1.97 bits per heavy atom. The van der Waals surface area contributed by atoms with Gasteiger partial charge in [0.05, 0.1) is 0 Å². The van der Waals surface area contributed by atoms with Gasteiger partial charge in [0.25, 0.3) is 0 Å². The molecule has 0 saturated carbocycles. The second-order valence-corrected chi connectivity index (χ2v) is 6.25. The second-order valence-electron chi connectivity index (χ2n) is 6.25. The number of amides is 3. The van der Waals surface area contributed by atoms with Gasteiger partial charge < -0.3 is 31.3 Å². The molecule has 0 bridgehead atoms. The first-order chi connectivity index (χ1) is 13.9. The third kappa shape index (κ3) is 7.24. The van der Waals surface area contributed by atoms with Crippen molar-refractivity contribution in [1.82, 2.24) is 10.6 Å². The molecule has 3 amide bonds. The third-order valence-corrected chi connectivity index (χ3v) is 4.01. The minimum absolute atomic E-state index is 0.00557. The number of ether oxygens (including phenoxy) is 1. The van der Waals surface area contributed by atoms with Gasteiger partial charge in [0.1, 0.15) is 12.6 Å². The summed E-state index contributed by atoms with van der Waals surface area (Å²) in [5, 5.41) is 23.0. The molecule has 0 saturated heterocycles.